The molecule has 0 fully saturated rings. The topological polar surface area (TPSA) is 52.3 Å². The van der Waals surface area contributed by atoms with E-state index in [1.54, 1.807) is 6.33 Å². The normalized spacial score (nSPS) is 16.7. The number of benzene rings is 2. The second-order valence-corrected chi connectivity index (χ2v) is 10.9. The lowest BCUT2D eigenvalue weighted by Gasteiger charge is -2.33. The van der Waals surface area contributed by atoms with Crippen molar-refractivity contribution in [3.63, 3.8) is 0 Å². The van der Waals surface area contributed by atoms with Crippen molar-refractivity contribution < 1.29 is 4.74 Å². The molecule has 0 aliphatic heterocycles. The zero-order valence-electron chi connectivity index (χ0n) is 18.6. The summed E-state index contributed by atoms with van der Waals surface area (Å²) >= 11 is 1.83. The molecule has 2 aromatic carbocycles. The molecule has 3 aromatic heterocycles. The minimum atomic E-state index is 0.329. The van der Waals surface area contributed by atoms with E-state index in [0.717, 1.165) is 39.8 Å². The van der Waals surface area contributed by atoms with Crippen LogP contribution in [-0.2, 0) is 19.4 Å². The van der Waals surface area contributed by atoms with Crippen molar-refractivity contribution in [2.45, 2.75) is 46.6 Å². The van der Waals surface area contributed by atoms with E-state index < -0.39 is 0 Å². The molecule has 0 amide bonds. The van der Waals surface area contributed by atoms with Crippen LogP contribution in [0, 0.1) is 11.3 Å². The second kappa shape index (κ2) is 7.27. The number of hydrogen-bond donors (Lipinski definition) is 0. The van der Waals surface area contributed by atoms with Crippen LogP contribution in [-0.4, -0.2) is 19.6 Å². The Bertz CT molecular complexity index is 1450. The Morgan fingerprint density at radius 1 is 1.12 bits per heavy atom. The lowest BCUT2D eigenvalue weighted by atomic mass is 9.72. The first-order valence-electron chi connectivity index (χ1n) is 11.2. The summed E-state index contributed by atoms with van der Waals surface area (Å²) in [5.41, 5.74) is 2.66. The van der Waals surface area contributed by atoms with Crippen LogP contribution in [0.2, 0.25) is 0 Å². The van der Waals surface area contributed by atoms with Gasteiger partial charge in [-0.1, -0.05) is 57.2 Å². The summed E-state index contributed by atoms with van der Waals surface area (Å²) in [5.74, 6) is 2.24. The van der Waals surface area contributed by atoms with Crippen molar-refractivity contribution >= 4 is 38.0 Å². The Kier molecular flexibility index (Phi) is 4.47. The zero-order chi connectivity index (χ0) is 21.9. The van der Waals surface area contributed by atoms with E-state index in [0.29, 0.717) is 23.8 Å². The van der Waals surface area contributed by atoms with Crippen molar-refractivity contribution in [1.82, 2.24) is 19.6 Å². The summed E-state index contributed by atoms with van der Waals surface area (Å²) in [6, 6.07) is 14.4. The van der Waals surface area contributed by atoms with Crippen LogP contribution in [0.4, 0.5) is 0 Å². The van der Waals surface area contributed by atoms with E-state index in [2.05, 4.69) is 44.1 Å². The molecule has 0 N–H and O–H groups in total. The van der Waals surface area contributed by atoms with Crippen molar-refractivity contribution in [1.29, 1.82) is 0 Å². The van der Waals surface area contributed by atoms with Crippen molar-refractivity contribution in [2.75, 3.05) is 0 Å². The highest BCUT2D eigenvalue weighted by Crippen LogP contribution is 2.43. The maximum Gasteiger partial charge on any atom is 0.189 e. The minimum absolute atomic E-state index is 0.329. The predicted molar refractivity (Wildman–Crippen MR) is 129 cm³/mol. The van der Waals surface area contributed by atoms with Gasteiger partial charge in [0.15, 0.2) is 11.5 Å². The van der Waals surface area contributed by atoms with Crippen LogP contribution in [0.5, 0.6) is 5.75 Å². The second-order valence-electron chi connectivity index (χ2n) is 9.80. The number of aryl methyl sites for hydroxylation is 1. The maximum absolute atomic E-state index is 6.14. The fourth-order valence-corrected chi connectivity index (χ4v) is 6.14. The van der Waals surface area contributed by atoms with Gasteiger partial charge in [-0.15, -0.1) is 16.4 Å². The lowest BCUT2D eigenvalue weighted by molar-refractivity contribution is 0.218. The molecule has 162 valence electrons. The molecule has 0 saturated carbocycles. The quantitative estimate of drug-likeness (QED) is 0.333. The van der Waals surface area contributed by atoms with Gasteiger partial charge in [-0.3, -0.25) is 0 Å². The summed E-state index contributed by atoms with van der Waals surface area (Å²) in [6.07, 6.45) is 5.23. The Morgan fingerprint density at radius 3 is 2.84 bits per heavy atom. The molecule has 0 saturated heterocycles. The van der Waals surface area contributed by atoms with E-state index in [-0.39, 0.29) is 0 Å². The summed E-state index contributed by atoms with van der Waals surface area (Å²) < 4.78 is 7.95. The number of ether oxygens (including phenoxy) is 1. The number of nitrogens with zero attached hydrogens (tertiary/aromatic N) is 4. The van der Waals surface area contributed by atoms with Crippen LogP contribution in [0.15, 0.2) is 48.8 Å². The molecule has 0 spiro atoms. The van der Waals surface area contributed by atoms with Gasteiger partial charge in [0.05, 0.1) is 5.39 Å². The smallest absolute Gasteiger partial charge is 0.189 e. The van der Waals surface area contributed by atoms with Crippen LogP contribution >= 0.6 is 11.3 Å². The molecule has 0 bridgehead atoms. The number of aromatic nitrogens is 4. The first-order valence-corrected chi connectivity index (χ1v) is 12.0. The lowest BCUT2D eigenvalue weighted by Crippen LogP contribution is -2.26. The van der Waals surface area contributed by atoms with Gasteiger partial charge in [0.2, 0.25) is 0 Å². The summed E-state index contributed by atoms with van der Waals surface area (Å²) in [7, 11) is 0. The predicted octanol–water partition coefficient (Wildman–Crippen LogP) is 6.22. The van der Waals surface area contributed by atoms with E-state index in [4.69, 9.17) is 14.7 Å². The van der Waals surface area contributed by atoms with Gasteiger partial charge in [0.25, 0.3) is 0 Å². The van der Waals surface area contributed by atoms with E-state index >= 15 is 0 Å². The third-order valence-corrected chi connectivity index (χ3v) is 7.92. The molecule has 1 aliphatic rings. The minimum Gasteiger partial charge on any atom is -0.485 e. The van der Waals surface area contributed by atoms with Gasteiger partial charge in [0, 0.05) is 10.3 Å². The molecule has 1 aliphatic carbocycles. The molecular formula is C26H26N4OS. The molecule has 1 atom stereocenters. The average Bonchev–Trinajstić information content (AvgIpc) is 3.37. The third kappa shape index (κ3) is 3.25. The molecule has 3 heterocycles. The highest BCUT2D eigenvalue weighted by atomic mass is 32.1. The largest absolute Gasteiger partial charge is 0.485 e. The van der Waals surface area contributed by atoms with Gasteiger partial charge in [0.1, 0.15) is 23.5 Å². The van der Waals surface area contributed by atoms with E-state index in [1.165, 1.54) is 22.2 Å². The Hall–Kier alpha value is -2.99. The Morgan fingerprint density at radius 2 is 1.97 bits per heavy atom. The van der Waals surface area contributed by atoms with E-state index in [1.807, 2.05) is 40.1 Å². The van der Waals surface area contributed by atoms with Gasteiger partial charge in [-0.05, 0) is 47.6 Å². The van der Waals surface area contributed by atoms with Gasteiger partial charge >= 0.3 is 0 Å². The van der Waals surface area contributed by atoms with E-state index in [9.17, 15) is 0 Å². The summed E-state index contributed by atoms with van der Waals surface area (Å²) in [5, 5.41) is 8.11. The fraction of sp³-hybridized carbons (Fsp3) is 0.346. The highest BCUT2D eigenvalue weighted by molar-refractivity contribution is 7.19. The standard InChI is InChI=1S/C26H26N4OS/c1-26(2,3)17-11-12-19-21(13-17)32-25-23(19)24-28-22(29-30(24)15-27-25)14-31-20-10-6-8-16-7-4-5-9-18(16)20/h4-10,15,17H,11-14H2,1-3H3. The first-order chi connectivity index (χ1) is 15.5. The first kappa shape index (κ1) is 19.7. The number of rotatable bonds is 3. The van der Waals surface area contributed by atoms with Crippen LogP contribution in [0.3, 0.4) is 0 Å². The van der Waals surface area contributed by atoms with Gasteiger partial charge in [-0.2, -0.15) is 0 Å². The molecule has 1 unspecified atom stereocenters. The SMILES string of the molecule is CC(C)(C)C1CCc2c(sc3ncn4nc(COc5cccc6ccccc56)nc4c23)C1. The monoisotopic (exact) mass is 442 g/mol. The summed E-state index contributed by atoms with van der Waals surface area (Å²) in [4.78, 5) is 12.1. The van der Waals surface area contributed by atoms with Crippen molar-refractivity contribution in [2.24, 2.45) is 11.3 Å². The van der Waals surface area contributed by atoms with Crippen molar-refractivity contribution in [3.05, 3.63) is 65.1 Å². The average molecular weight is 443 g/mol. The zero-order valence-corrected chi connectivity index (χ0v) is 19.4. The number of hydrogen-bond acceptors (Lipinski definition) is 5. The molecule has 6 rings (SSSR count). The fourth-order valence-electron chi connectivity index (χ4n) is 4.88. The number of thiophene rings is 1. The summed E-state index contributed by atoms with van der Waals surface area (Å²) in [6.45, 7) is 7.39. The maximum atomic E-state index is 6.14. The molecule has 32 heavy (non-hydrogen) atoms. The number of fused-ring (bicyclic) bond motifs is 6. The highest BCUT2D eigenvalue weighted by Gasteiger charge is 2.31. The molecule has 0 radical (unpaired) electrons. The van der Waals surface area contributed by atoms with Gasteiger partial charge < -0.3 is 4.74 Å². The van der Waals surface area contributed by atoms with Gasteiger partial charge in [-0.25, -0.2) is 14.5 Å². The molecule has 5 aromatic rings. The van der Waals surface area contributed by atoms with Crippen LogP contribution in [0.1, 0.15) is 43.5 Å². The molecular weight excluding hydrogens is 416 g/mol. The molecule has 6 heteroatoms. The Labute approximate surface area is 191 Å². The van der Waals surface area contributed by atoms with Crippen LogP contribution < -0.4 is 4.74 Å². The van der Waals surface area contributed by atoms with Crippen molar-refractivity contribution in [3.8, 4) is 5.75 Å². The van der Waals surface area contributed by atoms with Crippen LogP contribution in [0.25, 0.3) is 26.6 Å². The third-order valence-electron chi connectivity index (χ3n) is 6.76. The molecule has 5 nitrogen and oxygen atoms in total. The Balaban J connectivity index is 1.34.